The monoisotopic (exact) mass is 261 g/mol. The molecular weight excluding hydrogens is 250 g/mol. The molecule has 0 unspecified atom stereocenters. The Bertz CT molecular complexity index is 474. The Morgan fingerprint density at radius 3 is 2.69 bits per heavy atom. The topological polar surface area (TPSA) is 68.5 Å². The van der Waals surface area contributed by atoms with Gasteiger partial charge in [-0.3, -0.25) is 4.79 Å². The molecular formula is C9H11NO4S2. The number of aromatic nitrogens is 1. The summed E-state index contributed by atoms with van der Waals surface area (Å²) in [4.78, 5) is 22.5. The average molecular weight is 261 g/mol. The molecule has 1 aromatic heterocycles. The van der Waals surface area contributed by atoms with Gasteiger partial charge in [0.15, 0.2) is 3.95 Å². The zero-order valence-corrected chi connectivity index (χ0v) is 10.5. The molecule has 1 N–H and O–H groups in total. The SMILES string of the molecule is CCOC(=O)c1sc(=S)n(CC(=O)O)c1C. The van der Waals surface area contributed by atoms with E-state index in [1.54, 1.807) is 13.8 Å². The van der Waals surface area contributed by atoms with Gasteiger partial charge < -0.3 is 14.4 Å². The van der Waals surface area contributed by atoms with Crippen LogP contribution in [0.25, 0.3) is 0 Å². The van der Waals surface area contributed by atoms with E-state index < -0.39 is 11.9 Å². The molecule has 1 heterocycles. The van der Waals surface area contributed by atoms with Crippen molar-refractivity contribution in [1.82, 2.24) is 4.57 Å². The first kappa shape index (κ1) is 12.9. The first-order valence-corrected chi connectivity index (χ1v) is 5.79. The normalized spacial score (nSPS) is 10.1. The zero-order valence-electron chi connectivity index (χ0n) is 8.85. The van der Waals surface area contributed by atoms with Crippen molar-refractivity contribution in [2.45, 2.75) is 20.4 Å². The van der Waals surface area contributed by atoms with Crippen LogP contribution in [-0.2, 0) is 16.1 Å². The standard InChI is InChI=1S/C9H11NO4S2/c1-3-14-8(13)7-5(2)10(4-6(11)12)9(15)16-7/h3-4H2,1-2H3,(H,11,12). The van der Waals surface area contributed by atoms with E-state index in [0.29, 0.717) is 14.5 Å². The highest BCUT2D eigenvalue weighted by atomic mass is 32.1. The lowest BCUT2D eigenvalue weighted by Gasteiger charge is -2.03. The van der Waals surface area contributed by atoms with Crippen LogP contribution in [0.5, 0.6) is 0 Å². The van der Waals surface area contributed by atoms with E-state index in [4.69, 9.17) is 22.1 Å². The average Bonchev–Trinajstić information content (AvgIpc) is 2.45. The minimum atomic E-state index is -0.993. The van der Waals surface area contributed by atoms with Crippen molar-refractivity contribution in [3.63, 3.8) is 0 Å². The molecule has 0 aliphatic carbocycles. The predicted molar refractivity (Wildman–Crippen MR) is 61.5 cm³/mol. The van der Waals surface area contributed by atoms with Crippen LogP contribution in [0.4, 0.5) is 0 Å². The van der Waals surface area contributed by atoms with Crippen LogP contribution in [0.1, 0.15) is 22.3 Å². The first-order chi connectivity index (χ1) is 7.47. The van der Waals surface area contributed by atoms with Crippen molar-refractivity contribution in [2.75, 3.05) is 6.61 Å². The molecule has 88 valence electrons. The number of hydrogen-bond donors (Lipinski definition) is 1. The van der Waals surface area contributed by atoms with Crippen LogP contribution in [0, 0.1) is 10.9 Å². The highest BCUT2D eigenvalue weighted by Gasteiger charge is 2.17. The fraction of sp³-hybridized carbons (Fsp3) is 0.444. The molecule has 0 spiro atoms. The van der Waals surface area contributed by atoms with Gasteiger partial charge in [0.05, 0.1) is 6.61 Å². The number of rotatable bonds is 4. The fourth-order valence-corrected chi connectivity index (χ4v) is 2.52. The molecule has 16 heavy (non-hydrogen) atoms. The Morgan fingerprint density at radius 1 is 1.56 bits per heavy atom. The fourth-order valence-electron chi connectivity index (χ4n) is 1.18. The smallest absolute Gasteiger partial charge is 0.350 e. The molecule has 0 aliphatic heterocycles. The minimum Gasteiger partial charge on any atom is -0.480 e. The summed E-state index contributed by atoms with van der Waals surface area (Å²) in [6.07, 6.45) is 0. The highest BCUT2D eigenvalue weighted by molar-refractivity contribution is 7.73. The van der Waals surface area contributed by atoms with E-state index in [1.165, 1.54) is 4.57 Å². The Labute approximate surface area is 101 Å². The van der Waals surface area contributed by atoms with Crippen LogP contribution in [0.3, 0.4) is 0 Å². The second-order valence-corrected chi connectivity index (χ2v) is 4.63. The Balaban J connectivity index is 3.11. The van der Waals surface area contributed by atoms with Crippen LogP contribution in [-0.4, -0.2) is 28.2 Å². The van der Waals surface area contributed by atoms with Crippen LogP contribution in [0.2, 0.25) is 0 Å². The van der Waals surface area contributed by atoms with Crippen LogP contribution >= 0.6 is 23.6 Å². The highest BCUT2D eigenvalue weighted by Crippen LogP contribution is 2.19. The lowest BCUT2D eigenvalue weighted by molar-refractivity contribution is -0.137. The van der Waals surface area contributed by atoms with E-state index in [1.807, 2.05) is 0 Å². The molecule has 7 heteroatoms. The van der Waals surface area contributed by atoms with Crippen LogP contribution < -0.4 is 0 Å². The Hall–Kier alpha value is -1.21. The van der Waals surface area contributed by atoms with Crippen molar-refractivity contribution in [1.29, 1.82) is 0 Å². The number of aliphatic carboxylic acids is 1. The number of esters is 1. The Kier molecular flexibility index (Phi) is 4.19. The molecule has 0 bridgehead atoms. The quantitative estimate of drug-likeness (QED) is 0.661. The molecule has 0 fully saturated rings. The number of carbonyl (C=O) groups excluding carboxylic acids is 1. The summed E-state index contributed by atoms with van der Waals surface area (Å²) in [7, 11) is 0. The van der Waals surface area contributed by atoms with Gasteiger partial charge in [-0.25, -0.2) is 4.79 Å². The van der Waals surface area contributed by atoms with Gasteiger partial charge in [0.25, 0.3) is 0 Å². The second kappa shape index (κ2) is 5.22. The van der Waals surface area contributed by atoms with E-state index in [-0.39, 0.29) is 13.2 Å². The zero-order chi connectivity index (χ0) is 12.3. The number of thiazole rings is 1. The van der Waals surface area contributed by atoms with Crippen molar-refractivity contribution in [2.24, 2.45) is 0 Å². The number of carbonyl (C=O) groups is 2. The van der Waals surface area contributed by atoms with Crippen molar-refractivity contribution >= 4 is 35.5 Å². The minimum absolute atomic E-state index is 0.236. The molecule has 0 aromatic carbocycles. The number of ether oxygens (including phenoxy) is 1. The van der Waals surface area contributed by atoms with E-state index >= 15 is 0 Å². The molecule has 0 atom stereocenters. The summed E-state index contributed by atoms with van der Waals surface area (Å²) >= 11 is 6.06. The second-order valence-electron chi connectivity index (χ2n) is 2.98. The third-order valence-electron chi connectivity index (χ3n) is 1.90. The van der Waals surface area contributed by atoms with Crippen LogP contribution in [0.15, 0.2) is 0 Å². The Morgan fingerprint density at radius 2 is 2.19 bits per heavy atom. The summed E-state index contributed by atoms with van der Waals surface area (Å²) in [5, 5.41) is 8.69. The van der Waals surface area contributed by atoms with Gasteiger partial charge in [-0.05, 0) is 26.1 Å². The number of nitrogens with zero attached hydrogens (tertiary/aromatic N) is 1. The third-order valence-corrected chi connectivity index (χ3v) is 3.43. The van der Waals surface area contributed by atoms with Crippen molar-refractivity contribution in [3.8, 4) is 0 Å². The first-order valence-electron chi connectivity index (χ1n) is 4.56. The lowest BCUT2D eigenvalue weighted by atomic mass is 10.4. The lowest BCUT2D eigenvalue weighted by Crippen LogP contribution is -2.12. The molecule has 0 aliphatic rings. The number of carboxylic acid groups (broad SMARTS) is 1. The molecule has 0 amide bonds. The van der Waals surface area contributed by atoms with Gasteiger partial charge in [0.2, 0.25) is 0 Å². The molecule has 0 saturated heterocycles. The summed E-state index contributed by atoms with van der Waals surface area (Å²) in [5.41, 5.74) is 0.538. The van der Waals surface area contributed by atoms with Gasteiger partial charge in [-0.15, -0.1) is 0 Å². The summed E-state index contributed by atoms with van der Waals surface area (Å²) in [5.74, 6) is -1.45. The summed E-state index contributed by atoms with van der Waals surface area (Å²) < 4.78 is 6.62. The van der Waals surface area contributed by atoms with Gasteiger partial charge in [0.1, 0.15) is 11.4 Å². The maximum absolute atomic E-state index is 11.5. The third kappa shape index (κ3) is 2.67. The molecule has 1 rings (SSSR count). The van der Waals surface area contributed by atoms with Crippen molar-refractivity contribution < 1.29 is 19.4 Å². The molecule has 0 radical (unpaired) electrons. The maximum Gasteiger partial charge on any atom is 0.350 e. The van der Waals surface area contributed by atoms with Gasteiger partial charge in [0, 0.05) is 5.69 Å². The largest absolute Gasteiger partial charge is 0.480 e. The molecule has 5 nitrogen and oxygen atoms in total. The molecule has 1 aromatic rings. The number of hydrogen-bond acceptors (Lipinski definition) is 5. The van der Waals surface area contributed by atoms with Gasteiger partial charge in [-0.2, -0.15) is 0 Å². The maximum atomic E-state index is 11.5. The summed E-state index contributed by atoms with van der Waals surface area (Å²) in [6.45, 7) is 3.41. The number of carboxylic acids is 1. The molecule has 0 saturated carbocycles. The van der Waals surface area contributed by atoms with Gasteiger partial charge >= 0.3 is 11.9 Å². The van der Waals surface area contributed by atoms with E-state index in [2.05, 4.69) is 0 Å². The van der Waals surface area contributed by atoms with Crippen molar-refractivity contribution in [3.05, 3.63) is 14.5 Å². The van der Waals surface area contributed by atoms with E-state index in [0.717, 1.165) is 11.3 Å². The summed E-state index contributed by atoms with van der Waals surface area (Å²) in [6, 6.07) is 0. The van der Waals surface area contributed by atoms with E-state index in [9.17, 15) is 9.59 Å². The predicted octanol–water partition coefficient (Wildman–Crippen LogP) is 1.85. The van der Waals surface area contributed by atoms with Gasteiger partial charge in [-0.1, -0.05) is 11.3 Å².